The van der Waals surface area contributed by atoms with Crippen molar-refractivity contribution in [2.75, 3.05) is 5.32 Å². The van der Waals surface area contributed by atoms with E-state index in [4.69, 9.17) is 47.0 Å². The summed E-state index contributed by atoms with van der Waals surface area (Å²) < 4.78 is 15.7. The van der Waals surface area contributed by atoms with Gasteiger partial charge in [0.25, 0.3) is 5.91 Å². The van der Waals surface area contributed by atoms with E-state index >= 15 is 0 Å². The predicted octanol–water partition coefficient (Wildman–Crippen LogP) is 7.73. The van der Waals surface area contributed by atoms with Crippen LogP contribution in [0.2, 0.25) is 15.1 Å². The van der Waals surface area contributed by atoms with Crippen molar-refractivity contribution in [3.8, 4) is 0 Å². The Balaban J connectivity index is 1.37. The maximum Gasteiger partial charge on any atom is 0.338 e. The fourth-order valence-corrected chi connectivity index (χ4v) is 5.59. The van der Waals surface area contributed by atoms with Crippen molar-refractivity contribution in [3.63, 3.8) is 0 Å². The van der Waals surface area contributed by atoms with Crippen molar-refractivity contribution < 1.29 is 14.0 Å². The molecule has 1 aliphatic heterocycles. The number of nitrogens with zero attached hydrogens (tertiary/aromatic N) is 2. The monoisotopic (exact) mass is 604 g/mol. The average molecular weight is 606 g/mol. The zero-order valence-corrected chi connectivity index (χ0v) is 23.1. The van der Waals surface area contributed by atoms with Crippen molar-refractivity contribution in [2.24, 2.45) is 0 Å². The molecule has 0 atom stereocenters. The number of anilines is 1. The molecule has 0 saturated carbocycles. The molecule has 6 nitrogen and oxygen atoms in total. The molecule has 0 unspecified atom stereocenters. The molecule has 3 amide bonds. The zero-order valence-electron chi connectivity index (χ0n) is 19.2. The number of fused-ring (bicyclic) bond motifs is 1. The topological polar surface area (TPSA) is 66.4 Å². The number of thioether (sulfide) groups is 1. The minimum atomic E-state index is -0.672. The first-order valence-electron chi connectivity index (χ1n) is 11.0. The summed E-state index contributed by atoms with van der Waals surface area (Å²) in [6.45, 7) is 0.408. The zero-order chi connectivity index (χ0) is 27.0. The van der Waals surface area contributed by atoms with Crippen molar-refractivity contribution in [1.82, 2.24) is 15.0 Å². The van der Waals surface area contributed by atoms with Crippen LogP contribution in [0.25, 0.3) is 17.0 Å². The van der Waals surface area contributed by atoms with E-state index in [1.54, 1.807) is 24.3 Å². The summed E-state index contributed by atoms with van der Waals surface area (Å²) in [5, 5.41) is 5.46. The van der Waals surface area contributed by atoms with Gasteiger partial charge in [-0.2, -0.15) is 5.01 Å². The molecule has 0 radical (unpaired) electrons. The quantitative estimate of drug-likeness (QED) is 0.181. The van der Waals surface area contributed by atoms with Gasteiger partial charge in [-0.05, 0) is 60.3 Å². The van der Waals surface area contributed by atoms with E-state index < -0.39 is 17.8 Å². The molecule has 38 heavy (non-hydrogen) atoms. The Labute approximate surface area is 241 Å². The number of hydrogen-bond donors (Lipinski definition) is 2. The van der Waals surface area contributed by atoms with Crippen LogP contribution in [0.5, 0.6) is 0 Å². The number of benzene rings is 3. The van der Waals surface area contributed by atoms with Gasteiger partial charge in [-0.25, -0.2) is 14.6 Å². The minimum absolute atomic E-state index is 0.173. The van der Waals surface area contributed by atoms with Crippen LogP contribution >= 0.6 is 58.8 Å². The number of urea groups is 1. The minimum Gasteiger partial charge on any atom is -0.342 e. The van der Waals surface area contributed by atoms with E-state index in [2.05, 4.69) is 10.7 Å². The maximum atomic E-state index is 13.5. The molecule has 0 spiro atoms. The lowest BCUT2D eigenvalue weighted by atomic mass is 10.1. The van der Waals surface area contributed by atoms with Crippen LogP contribution in [0.4, 0.5) is 14.9 Å². The first kappa shape index (κ1) is 26.5. The van der Waals surface area contributed by atoms with Crippen LogP contribution < -0.4 is 10.7 Å². The summed E-state index contributed by atoms with van der Waals surface area (Å²) in [5.41, 5.74) is 5.30. The second-order valence-corrected chi connectivity index (χ2v) is 11.1. The Morgan fingerprint density at radius 3 is 2.58 bits per heavy atom. The van der Waals surface area contributed by atoms with Gasteiger partial charge in [0.1, 0.15) is 5.82 Å². The molecule has 0 aliphatic carbocycles. The molecule has 1 saturated heterocycles. The Morgan fingerprint density at radius 2 is 1.82 bits per heavy atom. The number of hydrazine groups is 1. The van der Waals surface area contributed by atoms with Gasteiger partial charge in [-0.1, -0.05) is 70.8 Å². The standard InChI is InChI=1S/C26H16Cl3FN4O2S2/c27-19-8-7-17(11-21(19)29)31-25(36)32-34-24(35)23(38-26(34)37)9-15-13-33(22-4-2-1-3-18(15)22)12-14-5-6-16(30)10-20(14)28/h1-11,13H,12H2,(H2,31,32,36)/b23-9-. The number of carbonyl (C=O) groups is 2. The molecule has 5 rings (SSSR count). The third-order valence-corrected chi connectivity index (χ3v) is 8.04. The Hall–Kier alpha value is -3.08. The van der Waals surface area contributed by atoms with Gasteiger partial charge in [0.05, 0.1) is 15.0 Å². The van der Waals surface area contributed by atoms with Crippen LogP contribution in [-0.2, 0) is 11.3 Å². The van der Waals surface area contributed by atoms with Gasteiger partial charge >= 0.3 is 6.03 Å². The third kappa shape index (κ3) is 5.52. The number of carbonyl (C=O) groups excluding carboxylic acids is 2. The third-order valence-electron chi connectivity index (χ3n) is 5.65. The molecular weight excluding hydrogens is 590 g/mol. The van der Waals surface area contributed by atoms with Crippen molar-refractivity contribution in [2.45, 2.75) is 6.54 Å². The predicted molar refractivity (Wildman–Crippen MR) is 156 cm³/mol. The fourth-order valence-electron chi connectivity index (χ4n) is 3.89. The van der Waals surface area contributed by atoms with Gasteiger partial charge in [0, 0.05) is 39.9 Å². The lowest BCUT2D eigenvalue weighted by Gasteiger charge is -2.16. The fraction of sp³-hybridized carbons (Fsp3) is 0.0385. The number of halogens is 4. The number of thiocarbonyl (C=S) groups is 1. The Morgan fingerprint density at radius 1 is 1.03 bits per heavy atom. The molecule has 12 heteroatoms. The van der Waals surface area contributed by atoms with Gasteiger partial charge < -0.3 is 9.88 Å². The number of nitrogens with one attached hydrogen (secondary N) is 2. The Kier molecular flexibility index (Phi) is 7.65. The molecule has 2 heterocycles. The molecule has 4 aromatic rings. The normalized spacial score (nSPS) is 14.5. The van der Waals surface area contributed by atoms with Gasteiger partial charge in [-0.15, -0.1) is 0 Å². The number of hydrogen-bond acceptors (Lipinski definition) is 4. The van der Waals surface area contributed by atoms with Crippen molar-refractivity contribution >= 4 is 97.7 Å². The largest absolute Gasteiger partial charge is 0.342 e. The maximum absolute atomic E-state index is 13.5. The molecule has 1 fully saturated rings. The van der Waals surface area contributed by atoms with E-state index in [1.165, 1.54) is 18.2 Å². The lowest BCUT2D eigenvalue weighted by molar-refractivity contribution is -0.123. The lowest BCUT2D eigenvalue weighted by Crippen LogP contribution is -2.46. The molecule has 192 valence electrons. The van der Waals surface area contributed by atoms with Gasteiger partial charge in [0.2, 0.25) is 0 Å². The summed E-state index contributed by atoms with van der Waals surface area (Å²) in [6, 6.07) is 15.9. The highest BCUT2D eigenvalue weighted by atomic mass is 35.5. The van der Waals surface area contributed by atoms with Crippen LogP contribution in [0.1, 0.15) is 11.1 Å². The highest BCUT2D eigenvalue weighted by Gasteiger charge is 2.34. The molecule has 0 bridgehead atoms. The molecule has 2 N–H and O–H groups in total. The molecule has 1 aromatic heterocycles. The van der Waals surface area contributed by atoms with E-state index in [0.29, 0.717) is 27.2 Å². The van der Waals surface area contributed by atoms with Gasteiger partial charge in [0.15, 0.2) is 4.32 Å². The van der Waals surface area contributed by atoms with Crippen LogP contribution in [-0.4, -0.2) is 25.8 Å². The van der Waals surface area contributed by atoms with Crippen LogP contribution in [0.15, 0.2) is 71.8 Å². The number of para-hydroxylation sites is 1. The van der Waals surface area contributed by atoms with E-state index in [1.807, 2.05) is 35.0 Å². The highest BCUT2D eigenvalue weighted by molar-refractivity contribution is 8.26. The number of amides is 3. The number of aromatic nitrogens is 1. The molecule has 3 aromatic carbocycles. The van der Waals surface area contributed by atoms with E-state index in [0.717, 1.165) is 38.8 Å². The average Bonchev–Trinajstić information content (AvgIpc) is 3.35. The summed E-state index contributed by atoms with van der Waals surface area (Å²) in [5.74, 6) is -0.874. The highest BCUT2D eigenvalue weighted by Crippen LogP contribution is 2.34. The molecule has 1 aliphatic rings. The Bertz CT molecular complexity index is 1660. The first-order chi connectivity index (χ1) is 18.2. The summed E-state index contributed by atoms with van der Waals surface area (Å²) in [6.07, 6.45) is 3.62. The second kappa shape index (κ2) is 11.0. The van der Waals surface area contributed by atoms with Gasteiger partial charge in [-0.3, -0.25) is 4.79 Å². The summed E-state index contributed by atoms with van der Waals surface area (Å²) in [7, 11) is 0. The van der Waals surface area contributed by atoms with Crippen molar-refractivity contribution in [1.29, 1.82) is 0 Å². The molecular formula is C26H16Cl3FN4O2S2. The SMILES string of the molecule is O=C(Nc1ccc(Cl)c(Cl)c1)NN1C(=O)/C(=C/c2cn(Cc3ccc(F)cc3Cl)c3ccccc23)SC1=S. The first-order valence-corrected chi connectivity index (χ1v) is 13.4. The van der Waals surface area contributed by atoms with Crippen LogP contribution in [0, 0.1) is 5.82 Å². The summed E-state index contributed by atoms with van der Waals surface area (Å²) >= 11 is 24.6. The van der Waals surface area contributed by atoms with Crippen LogP contribution in [0.3, 0.4) is 0 Å². The van der Waals surface area contributed by atoms with E-state index in [-0.39, 0.29) is 9.34 Å². The van der Waals surface area contributed by atoms with Crippen molar-refractivity contribution in [3.05, 3.63) is 104 Å². The van der Waals surface area contributed by atoms with E-state index in [9.17, 15) is 14.0 Å². The smallest absolute Gasteiger partial charge is 0.338 e. The second-order valence-electron chi connectivity index (χ2n) is 8.18. The number of rotatable bonds is 5. The summed E-state index contributed by atoms with van der Waals surface area (Å²) in [4.78, 5) is 26.0.